The first-order chi connectivity index (χ1) is 10.4. The first kappa shape index (κ1) is 16.4. The largest absolute Gasteiger partial charge is 0.396 e. The van der Waals surface area contributed by atoms with Crippen LogP contribution in [0.15, 0.2) is 30.5 Å². The van der Waals surface area contributed by atoms with E-state index in [-0.39, 0.29) is 18.1 Å². The third-order valence-corrected chi connectivity index (χ3v) is 3.34. The lowest BCUT2D eigenvalue weighted by Gasteiger charge is -2.30. The number of urea groups is 1. The van der Waals surface area contributed by atoms with Gasteiger partial charge in [0.1, 0.15) is 0 Å². The van der Waals surface area contributed by atoms with Gasteiger partial charge in [0.2, 0.25) is 0 Å². The third kappa shape index (κ3) is 4.49. The van der Waals surface area contributed by atoms with E-state index in [9.17, 15) is 4.79 Å². The maximum absolute atomic E-state index is 12.5. The summed E-state index contributed by atoms with van der Waals surface area (Å²) in [4.78, 5) is 17.4. The number of aromatic amines is 1. The van der Waals surface area contributed by atoms with Crippen LogP contribution in [0.3, 0.4) is 0 Å². The van der Waals surface area contributed by atoms with Crippen LogP contribution in [0.5, 0.6) is 0 Å². The number of amides is 2. The lowest BCUT2D eigenvalue weighted by atomic mass is 9.96. The van der Waals surface area contributed by atoms with Crippen LogP contribution in [0.25, 0.3) is 10.9 Å². The van der Waals surface area contributed by atoms with Crippen molar-refractivity contribution in [1.82, 2.24) is 9.88 Å². The molecule has 0 radical (unpaired) electrons. The number of fused-ring (bicyclic) bond motifs is 1. The van der Waals surface area contributed by atoms with Gasteiger partial charge < -0.3 is 20.3 Å². The van der Waals surface area contributed by atoms with Crippen molar-refractivity contribution in [3.8, 4) is 0 Å². The van der Waals surface area contributed by atoms with Crippen molar-refractivity contribution in [2.24, 2.45) is 5.41 Å². The molecule has 0 unspecified atom stereocenters. The number of aliphatic hydroxyl groups is 1. The molecule has 0 aliphatic carbocycles. The van der Waals surface area contributed by atoms with Gasteiger partial charge in [0.25, 0.3) is 0 Å². The van der Waals surface area contributed by atoms with Crippen molar-refractivity contribution in [2.75, 3.05) is 25.0 Å². The summed E-state index contributed by atoms with van der Waals surface area (Å²) in [6.45, 7) is 7.56. The summed E-state index contributed by atoms with van der Waals surface area (Å²) in [6.07, 6.45) is 2.46. The summed E-state index contributed by atoms with van der Waals surface area (Å²) in [5.74, 6) is 0. The van der Waals surface area contributed by atoms with E-state index in [4.69, 9.17) is 5.11 Å². The van der Waals surface area contributed by atoms with Crippen LogP contribution >= 0.6 is 0 Å². The number of aromatic nitrogens is 1. The number of carbonyl (C=O) groups is 1. The zero-order valence-electron chi connectivity index (χ0n) is 13.5. The molecule has 1 aromatic carbocycles. The van der Waals surface area contributed by atoms with Crippen LogP contribution in [0.2, 0.25) is 0 Å². The average molecular weight is 303 g/mol. The van der Waals surface area contributed by atoms with Gasteiger partial charge in [-0.2, -0.15) is 0 Å². The van der Waals surface area contributed by atoms with Gasteiger partial charge >= 0.3 is 6.03 Å². The fourth-order valence-corrected chi connectivity index (χ4v) is 2.42. The second-order valence-corrected chi connectivity index (χ2v) is 6.77. The van der Waals surface area contributed by atoms with E-state index in [0.29, 0.717) is 19.5 Å². The molecular weight excluding hydrogens is 278 g/mol. The highest BCUT2D eigenvalue weighted by molar-refractivity contribution is 5.92. The minimum atomic E-state index is -0.127. The maximum atomic E-state index is 12.5. The van der Waals surface area contributed by atoms with Gasteiger partial charge in [-0.15, -0.1) is 0 Å². The molecule has 1 heterocycles. The van der Waals surface area contributed by atoms with Crippen molar-refractivity contribution in [3.63, 3.8) is 0 Å². The Hall–Kier alpha value is -2.01. The molecule has 3 N–H and O–H groups in total. The highest BCUT2D eigenvalue weighted by Gasteiger charge is 2.20. The predicted octanol–water partition coefficient (Wildman–Crippen LogP) is 3.43. The molecule has 0 fully saturated rings. The number of H-pyrrole nitrogens is 1. The molecular formula is C17H25N3O2. The zero-order valence-corrected chi connectivity index (χ0v) is 13.5. The zero-order chi connectivity index (χ0) is 16.2. The molecule has 0 aliphatic rings. The fourth-order valence-electron chi connectivity index (χ4n) is 2.42. The lowest BCUT2D eigenvalue weighted by molar-refractivity contribution is 0.176. The second kappa shape index (κ2) is 6.83. The van der Waals surface area contributed by atoms with E-state index in [1.54, 1.807) is 4.90 Å². The maximum Gasteiger partial charge on any atom is 0.321 e. The van der Waals surface area contributed by atoms with E-state index >= 15 is 0 Å². The molecule has 2 rings (SSSR count). The van der Waals surface area contributed by atoms with Crippen molar-refractivity contribution in [1.29, 1.82) is 0 Å². The molecule has 120 valence electrons. The Morgan fingerprint density at radius 1 is 1.32 bits per heavy atom. The summed E-state index contributed by atoms with van der Waals surface area (Å²) in [5, 5.41) is 13.0. The lowest BCUT2D eigenvalue weighted by Crippen LogP contribution is -2.41. The Morgan fingerprint density at radius 3 is 2.77 bits per heavy atom. The minimum Gasteiger partial charge on any atom is -0.396 e. The Kier molecular flexibility index (Phi) is 5.08. The standard InChI is InChI=1S/C17H25N3O2/c1-17(2,3)12-20(9-4-10-21)16(22)19-14-5-6-15-13(11-14)7-8-18-15/h5-8,11,18,21H,4,9-10,12H2,1-3H3,(H,19,22). The summed E-state index contributed by atoms with van der Waals surface area (Å²) in [5.41, 5.74) is 1.84. The molecule has 0 spiro atoms. The average Bonchev–Trinajstić information content (AvgIpc) is 2.89. The fraction of sp³-hybridized carbons (Fsp3) is 0.471. The van der Waals surface area contributed by atoms with Gasteiger partial charge in [0, 0.05) is 42.5 Å². The Morgan fingerprint density at radius 2 is 2.09 bits per heavy atom. The van der Waals surface area contributed by atoms with Crippen LogP contribution in [0.1, 0.15) is 27.2 Å². The molecule has 0 saturated carbocycles. The van der Waals surface area contributed by atoms with Crippen molar-refractivity contribution in [3.05, 3.63) is 30.5 Å². The van der Waals surface area contributed by atoms with Gasteiger partial charge in [-0.25, -0.2) is 4.79 Å². The molecule has 0 atom stereocenters. The van der Waals surface area contributed by atoms with Crippen LogP contribution in [-0.4, -0.2) is 40.7 Å². The van der Waals surface area contributed by atoms with E-state index in [0.717, 1.165) is 16.6 Å². The number of rotatable bonds is 5. The van der Waals surface area contributed by atoms with E-state index in [1.807, 2.05) is 30.5 Å². The first-order valence-electron chi connectivity index (χ1n) is 7.63. The highest BCUT2D eigenvalue weighted by Crippen LogP contribution is 2.20. The van der Waals surface area contributed by atoms with Crippen molar-refractivity contribution < 1.29 is 9.90 Å². The molecule has 2 amide bonds. The normalized spacial score (nSPS) is 11.6. The van der Waals surface area contributed by atoms with Gasteiger partial charge in [-0.05, 0) is 36.1 Å². The third-order valence-electron chi connectivity index (χ3n) is 3.34. The number of carbonyl (C=O) groups excluding carboxylic acids is 1. The van der Waals surface area contributed by atoms with Crippen LogP contribution in [0, 0.1) is 5.41 Å². The van der Waals surface area contributed by atoms with Crippen LogP contribution in [-0.2, 0) is 0 Å². The number of nitrogens with one attached hydrogen (secondary N) is 2. The van der Waals surface area contributed by atoms with Crippen LogP contribution in [0.4, 0.5) is 10.5 Å². The van der Waals surface area contributed by atoms with Gasteiger partial charge in [0.15, 0.2) is 0 Å². The summed E-state index contributed by atoms with van der Waals surface area (Å²) in [7, 11) is 0. The van der Waals surface area contributed by atoms with Gasteiger partial charge in [0.05, 0.1) is 0 Å². The monoisotopic (exact) mass is 303 g/mol. The highest BCUT2D eigenvalue weighted by atomic mass is 16.3. The molecule has 5 nitrogen and oxygen atoms in total. The number of hydrogen-bond acceptors (Lipinski definition) is 2. The molecule has 0 saturated heterocycles. The number of aliphatic hydroxyl groups excluding tert-OH is 1. The van der Waals surface area contributed by atoms with E-state index in [1.165, 1.54) is 0 Å². The van der Waals surface area contributed by atoms with Gasteiger partial charge in [-0.1, -0.05) is 20.8 Å². The number of benzene rings is 1. The SMILES string of the molecule is CC(C)(C)CN(CCCO)C(=O)Nc1ccc2[nH]ccc2c1. The van der Waals surface area contributed by atoms with Crippen molar-refractivity contribution in [2.45, 2.75) is 27.2 Å². The summed E-state index contributed by atoms with van der Waals surface area (Å²) in [6, 6.07) is 7.64. The van der Waals surface area contributed by atoms with Crippen LogP contribution < -0.4 is 5.32 Å². The smallest absolute Gasteiger partial charge is 0.321 e. The molecule has 0 aliphatic heterocycles. The molecule has 0 bridgehead atoms. The summed E-state index contributed by atoms with van der Waals surface area (Å²) >= 11 is 0. The Balaban J connectivity index is 2.08. The van der Waals surface area contributed by atoms with E-state index < -0.39 is 0 Å². The van der Waals surface area contributed by atoms with E-state index in [2.05, 4.69) is 31.1 Å². The Bertz CT molecular complexity index is 628. The predicted molar refractivity (Wildman–Crippen MR) is 90.0 cm³/mol. The number of nitrogens with zero attached hydrogens (tertiary/aromatic N) is 1. The molecule has 1 aromatic heterocycles. The Labute approximate surface area is 131 Å². The quantitative estimate of drug-likeness (QED) is 0.792. The minimum absolute atomic E-state index is 0.0113. The number of anilines is 1. The number of hydrogen-bond donors (Lipinski definition) is 3. The second-order valence-electron chi connectivity index (χ2n) is 6.77. The summed E-state index contributed by atoms with van der Waals surface area (Å²) < 4.78 is 0. The van der Waals surface area contributed by atoms with Crippen molar-refractivity contribution >= 4 is 22.6 Å². The molecule has 22 heavy (non-hydrogen) atoms. The van der Waals surface area contributed by atoms with Gasteiger partial charge in [-0.3, -0.25) is 0 Å². The first-order valence-corrected chi connectivity index (χ1v) is 7.63. The molecule has 5 heteroatoms. The molecule has 2 aromatic rings. The topological polar surface area (TPSA) is 68.4 Å².